The number of rotatable bonds is 0. The number of hydrogen-bond donors (Lipinski definition) is 0. The average molecular weight is 250 g/mol. The Balaban J connectivity index is 0.00000169. The van der Waals surface area contributed by atoms with Crippen LogP contribution in [0.4, 0.5) is 4.79 Å². The molecule has 1 saturated heterocycles. The van der Waals surface area contributed by atoms with Crippen molar-refractivity contribution >= 4 is 6.09 Å². The van der Waals surface area contributed by atoms with Gasteiger partial charge < -0.3 is 16.6 Å². The second-order valence-corrected chi connectivity index (χ2v) is 4.58. The van der Waals surface area contributed by atoms with Crippen LogP contribution in [0.25, 0.3) is 0 Å². The molecule has 0 N–H and O–H groups in total. The second-order valence-electron chi connectivity index (χ2n) is 4.58. The van der Waals surface area contributed by atoms with Gasteiger partial charge in [-0.1, -0.05) is 6.42 Å². The predicted molar refractivity (Wildman–Crippen MR) is 51.3 cm³/mol. The maximum atomic E-state index is 11.5. The monoisotopic (exact) mass is 248 g/mol. The Morgan fingerprint density at radius 3 is 2.43 bits per heavy atom. The molecule has 4 heteroatoms. The van der Waals surface area contributed by atoms with Crippen LogP contribution in [0.1, 0.15) is 27.2 Å². The van der Waals surface area contributed by atoms with Crippen LogP contribution in [-0.4, -0.2) is 29.7 Å². The molecule has 3 nitrogen and oxygen atoms in total. The van der Waals surface area contributed by atoms with Crippen molar-refractivity contribution in [3.8, 4) is 0 Å². The van der Waals surface area contributed by atoms with E-state index in [4.69, 9.17) is 4.74 Å². The molecular weight excluding hydrogens is 232 g/mol. The Morgan fingerprint density at radius 2 is 2.07 bits per heavy atom. The van der Waals surface area contributed by atoms with Crippen LogP contribution < -0.4 is 0 Å². The smallest absolute Gasteiger partial charge is 0.444 e. The molecule has 0 bridgehead atoms. The van der Waals surface area contributed by atoms with E-state index in [-0.39, 0.29) is 25.6 Å². The molecule has 1 amide bonds. The normalized spacial score (nSPS) is 21.7. The first-order chi connectivity index (χ1) is 5.88. The average Bonchev–Trinajstić information content (AvgIpc) is 2.31. The molecule has 0 aromatic heterocycles. The number of nitrogens with zero attached hydrogens (tertiary/aromatic N) is 1. The van der Waals surface area contributed by atoms with Gasteiger partial charge in [0.2, 0.25) is 0 Å². The minimum absolute atomic E-state index is 0. The van der Waals surface area contributed by atoms with Crippen LogP contribution in [0, 0.1) is 12.8 Å². The molecule has 0 saturated carbocycles. The predicted octanol–water partition coefficient (Wildman–Crippen LogP) is 2.07. The molecular formula is C10H18NO2Zn+. The summed E-state index contributed by atoms with van der Waals surface area (Å²) in [6.45, 7) is 11.1. The summed E-state index contributed by atoms with van der Waals surface area (Å²) in [7, 11) is 0. The van der Waals surface area contributed by atoms with E-state index in [1.165, 1.54) is 0 Å². The van der Waals surface area contributed by atoms with Crippen LogP contribution >= 0.6 is 0 Å². The molecule has 14 heavy (non-hydrogen) atoms. The van der Waals surface area contributed by atoms with Crippen LogP contribution in [-0.2, 0) is 24.2 Å². The second kappa shape index (κ2) is 5.11. The molecule has 0 aromatic carbocycles. The van der Waals surface area contributed by atoms with Crippen LogP contribution in [0.5, 0.6) is 0 Å². The number of ether oxygens (including phenoxy) is 1. The van der Waals surface area contributed by atoms with E-state index in [2.05, 4.69) is 6.92 Å². The molecule has 76 valence electrons. The van der Waals surface area contributed by atoms with Crippen LogP contribution in [0.2, 0.25) is 0 Å². The van der Waals surface area contributed by atoms with Crippen molar-refractivity contribution in [1.29, 1.82) is 0 Å². The van der Waals surface area contributed by atoms with Gasteiger partial charge in [0.15, 0.2) is 0 Å². The molecule has 1 atom stereocenters. The fourth-order valence-corrected chi connectivity index (χ4v) is 1.32. The number of amides is 1. The number of likely N-dealkylation sites (tertiary alicyclic amines) is 1. The van der Waals surface area contributed by atoms with E-state index in [1.54, 1.807) is 4.90 Å². The van der Waals surface area contributed by atoms with Crippen molar-refractivity contribution in [3.05, 3.63) is 6.92 Å². The van der Waals surface area contributed by atoms with Crippen molar-refractivity contribution in [3.63, 3.8) is 0 Å². The van der Waals surface area contributed by atoms with Crippen molar-refractivity contribution < 1.29 is 29.0 Å². The summed E-state index contributed by atoms with van der Waals surface area (Å²) < 4.78 is 5.23. The third kappa shape index (κ3) is 4.41. The van der Waals surface area contributed by atoms with E-state index in [0.29, 0.717) is 5.92 Å². The molecule has 1 aliphatic rings. The summed E-state index contributed by atoms with van der Waals surface area (Å²) in [6.07, 6.45) is 0.776. The van der Waals surface area contributed by atoms with Crippen molar-refractivity contribution in [1.82, 2.24) is 4.90 Å². The van der Waals surface area contributed by atoms with E-state index < -0.39 is 5.60 Å². The number of hydrogen-bond acceptors (Lipinski definition) is 2. The maximum absolute atomic E-state index is 11.5. The van der Waals surface area contributed by atoms with Gasteiger partial charge in [0, 0.05) is 6.54 Å². The van der Waals surface area contributed by atoms with Gasteiger partial charge in [-0.05, 0) is 27.3 Å². The van der Waals surface area contributed by atoms with Gasteiger partial charge in [-0.2, -0.15) is 0 Å². The zero-order valence-electron chi connectivity index (χ0n) is 9.38. The zero-order valence-corrected chi connectivity index (χ0v) is 12.3. The Bertz CT molecular complexity index is 201. The Labute approximate surface area is 98.9 Å². The number of carbonyl (C=O) groups is 1. The van der Waals surface area contributed by atoms with Crippen molar-refractivity contribution in [2.45, 2.75) is 32.8 Å². The first-order valence-electron chi connectivity index (χ1n) is 4.69. The van der Waals surface area contributed by atoms with Crippen molar-refractivity contribution in [2.75, 3.05) is 13.1 Å². The van der Waals surface area contributed by atoms with Crippen LogP contribution in [0.3, 0.4) is 0 Å². The SMILES string of the molecule is [CH2-]C1CCN(C(=O)OC(C)(C)C)C1.[Zn+2]. The molecule has 1 heterocycles. The molecule has 1 aliphatic heterocycles. The number of carbonyl (C=O) groups excluding carboxylic acids is 1. The van der Waals surface area contributed by atoms with Gasteiger partial charge in [0.1, 0.15) is 5.60 Å². The summed E-state index contributed by atoms with van der Waals surface area (Å²) >= 11 is 0. The summed E-state index contributed by atoms with van der Waals surface area (Å²) in [5.41, 5.74) is -0.393. The van der Waals surface area contributed by atoms with Gasteiger partial charge in [-0.15, -0.1) is 5.92 Å². The summed E-state index contributed by atoms with van der Waals surface area (Å²) in [5.74, 6) is 0.368. The van der Waals surface area contributed by atoms with Crippen molar-refractivity contribution in [2.24, 2.45) is 5.92 Å². The third-order valence-corrected chi connectivity index (χ3v) is 1.94. The molecule has 0 radical (unpaired) electrons. The molecule has 0 aromatic rings. The van der Waals surface area contributed by atoms with Gasteiger partial charge in [0.05, 0.1) is 0 Å². The fourth-order valence-electron chi connectivity index (χ4n) is 1.32. The molecule has 1 fully saturated rings. The summed E-state index contributed by atoms with van der Waals surface area (Å²) in [6, 6.07) is 0. The minimum atomic E-state index is -0.393. The Kier molecular flexibility index (Phi) is 5.07. The van der Waals surface area contributed by atoms with E-state index in [0.717, 1.165) is 19.5 Å². The Morgan fingerprint density at radius 1 is 1.50 bits per heavy atom. The first kappa shape index (κ1) is 13.9. The minimum Gasteiger partial charge on any atom is -0.444 e. The third-order valence-electron chi connectivity index (χ3n) is 1.94. The molecule has 0 aliphatic carbocycles. The fraction of sp³-hybridized carbons (Fsp3) is 0.800. The van der Waals surface area contributed by atoms with Gasteiger partial charge in [-0.25, -0.2) is 4.79 Å². The summed E-state index contributed by atoms with van der Waals surface area (Å²) in [5, 5.41) is 0. The van der Waals surface area contributed by atoms with Gasteiger partial charge in [-0.3, -0.25) is 0 Å². The van der Waals surface area contributed by atoms with E-state index in [9.17, 15) is 4.79 Å². The molecule has 1 rings (SSSR count). The molecule has 1 unspecified atom stereocenters. The quantitative estimate of drug-likeness (QED) is 0.486. The summed E-state index contributed by atoms with van der Waals surface area (Å²) in [4.78, 5) is 13.2. The Hall–Kier alpha value is -0.107. The van der Waals surface area contributed by atoms with E-state index >= 15 is 0 Å². The maximum Gasteiger partial charge on any atom is 2.00 e. The molecule has 0 spiro atoms. The standard InChI is InChI=1S/C10H18NO2.Zn/c1-8-5-6-11(7-8)9(12)13-10(2,3)4;/h8H,1,5-7H2,2-4H3;/q-1;+2. The van der Waals surface area contributed by atoms with E-state index in [1.807, 2.05) is 20.8 Å². The van der Waals surface area contributed by atoms with Gasteiger partial charge in [0.25, 0.3) is 0 Å². The first-order valence-corrected chi connectivity index (χ1v) is 4.69. The van der Waals surface area contributed by atoms with Gasteiger partial charge >= 0.3 is 25.6 Å². The zero-order chi connectivity index (χ0) is 10.1. The topological polar surface area (TPSA) is 29.5 Å². The van der Waals surface area contributed by atoms with Crippen LogP contribution in [0.15, 0.2) is 0 Å². The largest absolute Gasteiger partial charge is 2.00 e.